The lowest BCUT2D eigenvalue weighted by atomic mass is 9.96. The molecule has 0 radical (unpaired) electrons. The van der Waals surface area contributed by atoms with E-state index in [4.69, 9.17) is 4.74 Å². The monoisotopic (exact) mass is 353 g/mol. The second-order valence-electron chi connectivity index (χ2n) is 4.95. The number of benzene rings is 2. The molecular weight excluding hydrogens is 340 g/mol. The van der Waals surface area contributed by atoms with Crippen molar-refractivity contribution >= 4 is 15.9 Å². The zero-order chi connectivity index (χ0) is 15.0. The Labute approximate surface area is 130 Å². The highest BCUT2D eigenvalue weighted by atomic mass is 79.9. The van der Waals surface area contributed by atoms with Gasteiger partial charge in [0.05, 0.1) is 17.1 Å². The molecule has 0 amide bonds. The normalized spacial score (nSPS) is 14.7. The molecule has 0 aliphatic carbocycles. The molecule has 2 aromatic carbocycles. The van der Waals surface area contributed by atoms with Crippen LogP contribution < -0.4 is 10.1 Å². The van der Waals surface area contributed by atoms with Crippen LogP contribution in [0.1, 0.15) is 22.7 Å². The first kappa shape index (κ1) is 14.5. The Hall–Kier alpha value is -1.46. The van der Waals surface area contributed by atoms with E-state index in [2.05, 4.69) is 27.3 Å². The third-order valence-electron chi connectivity index (χ3n) is 3.71. The number of hydrogen-bond donors (Lipinski definition) is 1. The number of fused-ring (bicyclic) bond motifs is 1. The van der Waals surface area contributed by atoms with Crippen molar-refractivity contribution < 1.29 is 13.5 Å². The fraction of sp³-hybridized carbons (Fsp3) is 0.250. The lowest BCUT2D eigenvalue weighted by Gasteiger charge is -2.20. The van der Waals surface area contributed by atoms with Gasteiger partial charge < -0.3 is 10.1 Å². The first-order valence-electron chi connectivity index (χ1n) is 6.68. The van der Waals surface area contributed by atoms with Gasteiger partial charge in [-0.2, -0.15) is 0 Å². The van der Waals surface area contributed by atoms with Gasteiger partial charge in [-0.15, -0.1) is 0 Å². The minimum absolute atomic E-state index is 0.151. The molecule has 1 heterocycles. The quantitative estimate of drug-likeness (QED) is 0.843. The maximum Gasteiger partial charge on any atom is 0.173 e. The molecule has 1 N–H and O–H groups in total. The van der Waals surface area contributed by atoms with E-state index in [0.717, 1.165) is 29.4 Å². The molecule has 3 rings (SSSR count). The molecule has 1 aliphatic rings. The number of ether oxygens (including phenoxy) is 1. The van der Waals surface area contributed by atoms with Gasteiger partial charge in [-0.3, -0.25) is 0 Å². The van der Waals surface area contributed by atoms with E-state index in [1.54, 1.807) is 13.1 Å². The van der Waals surface area contributed by atoms with Gasteiger partial charge >= 0.3 is 0 Å². The van der Waals surface area contributed by atoms with E-state index in [1.807, 2.05) is 12.1 Å². The number of nitrogens with one attached hydrogen (secondary N) is 1. The predicted octanol–water partition coefficient (Wildman–Crippen LogP) is 3.97. The van der Waals surface area contributed by atoms with E-state index in [9.17, 15) is 8.78 Å². The molecule has 0 aromatic heterocycles. The second kappa shape index (κ2) is 5.73. The molecule has 5 heteroatoms. The van der Waals surface area contributed by atoms with Gasteiger partial charge in [-0.25, -0.2) is 8.78 Å². The summed E-state index contributed by atoms with van der Waals surface area (Å²) in [5.74, 6) is -0.821. The zero-order valence-electron chi connectivity index (χ0n) is 11.4. The Morgan fingerprint density at radius 1 is 1.24 bits per heavy atom. The zero-order valence-corrected chi connectivity index (χ0v) is 13.0. The van der Waals surface area contributed by atoms with Crippen LogP contribution in [-0.2, 0) is 6.42 Å². The fourth-order valence-electron chi connectivity index (χ4n) is 2.65. The minimum atomic E-state index is -0.864. The molecule has 0 spiro atoms. The van der Waals surface area contributed by atoms with Crippen molar-refractivity contribution in [1.29, 1.82) is 0 Å². The summed E-state index contributed by atoms with van der Waals surface area (Å²) in [5, 5.41) is 3.15. The fourth-order valence-corrected chi connectivity index (χ4v) is 3.20. The van der Waals surface area contributed by atoms with Crippen LogP contribution in [0.4, 0.5) is 8.78 Å². The van der Waals surface area contributed by atoms with Crippen molar-refractivity contribution in [3.05, 3.63) is 63.1 Å². The SMILES string of the molecule is CNC(c1ccc2c(c1)CCO2)c1ccc(F)c(F)c1Br. The number of hydrogen-bond acceptors (Lipinski definition) is 2. The van der Waals surface area contributed by atoms with Crippen molar-refractivity contribution in [2.75, 3.05) is 13.7 Å². The van der Waals surface area contributed by atoms with Crippen molar-refractivity contribution in [2.45, 2.75) is 12.5 Å². The average molecular weight is 354 g/mol. The first-order chi connectivity index (χ1) is 10.1. The van der Waals surface area contributed by atoms with Crippen molar-refractivity contribution in [3.8, 4) is 5.75 Å². The molecule has 0 saturated carbocycles. The molecule has 2 nitrogen and oxygen atoms in total. The summed E-state index contributed by atoms with van der Waals surface area (Å²) in [6, 6.07) is 8.44. The highest BCUT2D eigenvalue weighted by Crippen LogP contribution is 2.34. The van der Waals surface area contributed by atoms with E-state index in [1.165, 1.54) is 0 Å². The summed E-state index contributed by atoms with van der Waals surface area (Å²) in [4.78, 5) is 0. The molecule has 0 bridgehead atoms. The topological polar surface area (TPSA) is 21.3 Å². The minimum Gasteiger partial charge on any atom is -0.493 e. The van der Waals surface area contributed by atoms with Gasteiger partial charge in [0.1, 0.15) is 5.75 Å². The van der Waals surface area contributed by atoms with Crippen LogP contribution in [0, 0.1) is 11.6 Å². The molecule has 0 saturated heterocycles. The van der Waals surface area contributed by atoms with E-state index >= 15 is 0 Å². The van der Waals surface area contributed by atoms with E-state index < -0.39 is 11.6 Å². The Morgan fingerprint density at radius 3 is 2.81 bits per heavy atom. The highest BCUT2D eigenvalue weighted by molar-refractivity contribution is 9.10. The lowest BCUT2D eigenvalue weighted by molar-refractivity contribution is 0.357. The summed E-state index contributed by atoms with van der Waals surface area (Å²) in [5.41, 5.74) is 2.80. The van der Waals surface area contributed by atoms with Gasteiger partial charge in [0, 0.05) is 6.42 Å². The van der Waals surface area contributed by atoms with E-state index in [0.29, 0.717) is 12.2 Å². The Morgan fingerprint density at radius 2 is 2.05 bits per heavy atom. The molecule has 21 heavy (non-hydrogen) atoms. The summed E-state index contributed by atoms with van der Waals surface area (Å²) in [6.45, 7) is 0.692. The summed E-state index contributed by atoms with van der Waals surface area (Å²) < 4.78 is 32.7. The van der Waals surface area contributed by atoms with Crippen LogP contribution in [0.15, 0.2) is 34.8 Å². The molecule has 0 fully saturated rings. The van der Waals surface area contributed by atoms with E-state index in [-0.39, 0.29) is 10.5 Å². The van der Waals surface area contributed by atoms with Crippen molar-refractivity contribution in [2.24, 2.45) is 0 Å². The first-order valence-corrected chi connectivity index (χ1v) is 7.47. The van der Waals surface area contributed by atoms with Gasteiger partial charge in [-0.1, -0.05) is 18.2 Å². The third kappa shape index (κ3) is 2.56. The predicted molar refractivity (Wildman–Crippen MR) is 80.6 cm³/mol. The van der Waals surface area contributed by atoms with Crippen LogP contribution in [0.5, 0.6) is 5.75 Å². The van der Waals surface area contributed by atoms with Crippen molar-refractivity contribution in [3.63, 3.8) is 0 Å². The summed E-state index contributed by atoms with van der Waals surface area (Å²) >= 11 is 3.15. The van der Waals surface area contributed by atoms with Crippen LogP contribution in [0.25, 0.3) is 0 Å². The maximum absolute atomic E-state index is 13.8. The molecule has 2 aromatic rings. The Kier molecular flexibility index (Phi) is 3.95. The lowest BCUT2D eigenvalue weighted by Crippen LogP contribution is -2.19. The molecule has 1 unspecified atom stereocenters. The van der Waals surface area contributed by atoms with Crippen LogP contribution in [0.2, 0.25) is 0 Å². The Bertz CT molecular complexity index is 690. The maximum atomic E-state index is 13.8. The standard InChI is InChI=1S/C16H14BrF2NO/c1-20-16(11-3-4-12(18)15(19)14(11)17)10-2-5-13-9(8-10)6-7-21-13/h2-5,8,16,20H,6-7H2,1H3. The molecular formula is C16H14BrF2NO. The average Bonchev–Trinajstić information content (AvgIpc) is 2.95. The van der Waals surface area contributed by atoms with Crippen molar-refractivity contribution in [1.82, 2.24) is 5.32 Å². The smallest absolute Gasteiger partial charge is 0.173 e. The largest absolute Gasteiger partial charge is 0.493 e. The number of halogens is 3. The molecule has 1 atom stereocenters. The van der Waals surface area contributed by atoms with Gasteiger partial charge in [0.2, 0.25) is 0 Å². The highest BCUT2D eigenvalue weighted by Gasteiger charge is 2.21. The van der Waals surface area contributed by atoms with Gasteiger partial charge in [0.25, 0.3) is 0 Å². The Balaban J connectivity index is 2.05. The van der Waals surface area contributed by atoms with Gasteiger partial charge in [0.15, 0.2) is 11.6 Å². The number of rotatable bonds is 3. The van der Waals surface area contributed by atoms with Crippen LogP contribution >= 0.6 is 15.9 Å². The summed E-state index contributed by atoms with van der Waals surface area (Å²) in [6.07, 6.45) is 0.874. The van der Waals surface area contributed by atoms with Crippen LogP contribution in [-0.4, -0.2) is 13.7 Å². The van der Waals surface area contributed by atoms with Crippen LogP contribution in [0.3, 0.4) is 0 Å². The molecule has 1 aliphatic heterocycles. The third-order valence-corrected chi connectivity index (χ3v) is 4.52. The molecule has 110 valence electrons. The summed E-state index contributed by atoms with van der Waals surface area (Å²) in [7, 11) is 1.79. The second-order valence-corrected chi connectivity index (χ2v) is 5.74. The van der Waals surface area contributed by atoms with Gasteiger partial charge in [-0.05, 0) is 51.8 Å².